The molecule has 0 aliphatic rings. The Morgan fingerprint density at radius 1 is 0.710 bits per heavy atom. The molecule has 0 aliphatic heterocycles. The number of nitrogens with two attached hydrogens (primary N) is 2. The summed E-state index contributed by atoms with van der Waals surface area (Å²) in [6, 6.07) is 0.297. The van der Waals surface area contributed by atoms with Crippen molar-refractivity contribution in [2.45, 2.75) is 12.4 Å². The van der Waals surface area contributed by atoms with E-state index in [1.54, 1.807) is 0 Å². The Kier molecular flexibility index (Phi) is 5.65. The van der Waals surface area contributed by atoms with Gasteiger partial charge in [-0.05, 0) is 10.9 Å². The monoisotopic (exact) mass is 454 g/mol. The number of nitro groups is 2. The molecule has 0 amide bonds. The highest BCUT2D eigenvalue weighted by atomic mass is 19.4. The lowest BCUT2D eigenvalue weighted by molar-refractivity contribution is -0.435. The molecule has 0 unspecified atom stereocenters. The van der Waals surface area contributed by atoms with Crippen molar-refractivity contribution in [1.29, 1.82) is 0 Å². The highest BCUT2D eigenvalue weighted by Crippen LogP contribution is 2.42. The second kappa shape index (κ2) is 7.58. The van der Waals surface area contributed by atoms with Gasteiger partial charge in [-0.2, -0.15) is 26.3 Å². The van der Waals surface area contributed by atoms with E-state index in [4.69, 9.17) is 11.5 Å². The number of rotatable bonds is 4. The van der Waals surface area contributed by atoms with Gasteiger partial charge in [-0.1, -0.05) is 0 Å². The molecule has 2 aromatic carbocycles. The third-order valence-corrected chi connectivity index (χ3v) is 3.73. The molecule has 0 saturated heterocycles. The van der Waals surface area contributed by atoms with Gasteiger partial charge in [0.05, 0.1) is 21.0 Å². The first-order chi connectivity index (χ1) is 14.0. The molecule has 2 rings (SSSR count). The van der Waals surface area contributed by atoms with Crippen molar-refractivity contribution in [3.8, 4) is 0 Å². The van der Waals surface area contributed by atoms with Gasteiger partial charge >= 0.3 is 12.4 Å². The number of anilines is 2. The quantitative estimate of drug-likeness (QED) is 0.169. The number of hydrogen-bond acceptors (Lipinski definition) is 8. The molecule has 0 radical (unpaired) electrons. The molecule has 166 valence electrons. The molecule has 0 saturated carbocycles. The molecule has 0 fully saturated rings. The second-order valence-corrected chi connectivity index (χ2v) is 5.74. The maximum atomic E-state index is 13.0. The Morgan fingerprint density at radius 2 is 1.10 bits per heavy atom. The van der Waals surface area contributed by atoms with Crippen LogP contribution in [0.1, 0.15) is 11.1 Å². The summed E-state index contributed by atoms with van der Waals surface area (Å²) in [5, 5.41) is 37.2. The van der Waals surface area contributed by atoms with Crippen LogP contribution in [0.5, 0.6) is 0 Å². The fraction of sp³-hybridized carbons (Fsp3) is 0.143. The fourth-order valence-corrected chi connectivity index (χ4v) is 2.27. The maximum Gasteiger partial charge on any atom is 0.416 e. The first kappa shape index (κ1) is 23.1. The highest BCUT2D eigenvalue weighted by Gasteiger charge is 2.37. The summed E-state index contributed by atoms with van der Waals surface area (Å²) < 4.78 is 77.9. The van der Waals surface area contributed by atoms with Crippen LogP contribution in [0.4, 0.5) is 60.5 Å². The number of hydrogen-bond donors (Lipinski definition) is 2. The first-order valence-electron chi connectivity index (χ1n) is 7.53. The zero-order chi connectivity index (χ0) is 23.9. The third kappa shape index (κ3) is 4.70. The van der Waals surface area contributed by atoms with Crippen molar-refractivity contribution in [3.05, 3.63) is 60.8 Å². The number of halogens is 6. The van der Waals surface area contributed by atoms with Crippen molar-refractivity contribution < 1.29 is 41.0 Å². The summed E-state index contributed by atoms with van der Waals surface area (Å²) in [5.41, 5.74) is 0.277. The van der Waals surface area contributed by atoms with Crippen LogP contribution in [-0.4, -0.2) is 14.7 Å². The Hall–Kier alpha value is -4.18. The lowest BCUT2D eigenvalue weighted by atomic mass is 10.1. The van der Waals surface area contributed by atoms with Gasteiger partial charge in [-0.3, -0.25) is 20.2 Å². The molecule has 2 aromatic rings. The molecular weight excluding hydrogens is 446 g/mol. The van der Waals surface area contributed by atoms with Crippen LogP contribution < -0.4 is 11.5 Å². The maximum absolute atomic E-state index is 13.0. The van der Waals surface area contributed by atoms with E-state index in [0.717, 1.165) is 0 Å². The lowest BCUT2D eigenvalue weighted by Crippen LogP contribution is -2.10. The molecule has 17 heteroatoms. The standard InChI is InChI=1S/C14H8F6N6O5/c15-13(16,17)5-1-7(11(21)9(3-5)25(28)29)23-24(27)8-2-6(14(18,19)20)4-10(12(8)22)26(30)31/h1-4H,21-22H2. The van der Waals surface area contributed by atoms with E-state index in [9.17, 15) is 51.8 Å². The molecule has 0 spiro atoms. The van der Waals surface area contributed by atoms with Crippen molar-refractivity contribution in [1.82, 2.24) is 0 Å². The Morgan fingerprint density at radius 3 is 1.52 bits per heavy atom. The smallest absolute Gasteiger partial charge is 0.416 e. The minimum absolute atomic E-state index is 0.0378. The van der Waals surface area contributed by atoms with E-state index in [-0.39, 0.29) is 24.3 Å². The molecule has 0 aromatic heterocycles. The minimum atomic E-state index is -5.16. The molecule has 31 heavy (non-hydrogen) atoms. The number of nitro benzene ring substituents is 2. The van der Waals surface area contributed by atoms with E-state index in [1.165, 1.54) is 0 Å². The van der Waals surface area contributed by atoms with Gasteiger partial charge in [0.1, 0.15) is 5.69 Å². The van der Waals surface area contributed by atoms with Crippen LogP contribution in [0.2, 0.25) is 0 Å². The largest absolute Gasteiger partial charge is 0.594 e. The van der Waals surface area contributed by atoms with Crippen LogP contribution in [0.15, 0.2) is 29.4 Å². The predicted octanol–water partition coefficient (Wildman–Crippen LogP) is 4.63. The number of azo groups is 1. The zero-order valence-corrected chi connectivity index (χ0v) is 14.6. The SMILES string of the molecule is Nc1c(N=[N+]([O-])c2cc(C(F)(F)F)cc([N+](=O)[O-])c2N)cc(C(F)(F)F)cc1[N+](=O)[O-]. The molecule has 0 heterocycles. The van der Waals surface area contributed by atoms with E-state index in [1.807, 2.05) is 0 Å². The minimum Gasteiger partial charge on any atom is -0.594 e. The van der Waals surface area contributed by atoms with E-state index >= 15 is 0 Å². The van der Waals surface area contributed by atoms with Crippen LogP contribution >= 0.6 is 0 Å². The molecule has 11 nitrogen and oxygen atoms in total. The molecular formula is C14H8F6N6O5. The van der Waals surface area contributed by atoms with Gasteiger partial charge < -0.3 is 16.7 Å². The van der Waals surface area contributed by atoms with Gasteiger partial charge in [-0.15, -0.1) is 0 Å². The topological polar surface area (TPSA) is 177 Å². The molecule has 0 atom stereocenters. The highest BCUT2D eigenvalue weighted by molar-refractivity contribution is 5.75. The van der Waals surface area contributed by atoms with Crippen molar-refractivity contribution in [2.75, 3.05) is 11.5 Å². The summed E-state index contributed by atoms with van der Waals surface area (Å²) >= 11 is 0. The van der Waals surface area contributed by atoms with E-state index in [0.29, 0.717) is 0 Å². The number of nitrogens with zero attached hydrogens (tertiary/aromatic N) is 4. The van der Waals surface area contributed by atoms with Gasteiger partial charge in [0.25, 0.3) is 17.1 Å². The molecule has 4 N–H and O–H groups in total. The third-order valence-electron chi connectivity index (χ3n) is 3.73. The average molecular weight is 454 g/mol. The summed E-state index contributed by atoms with van der Waals surface area (Å²) in [5.74, 6) is 0. The fourth-order valence-electron chi connectivity index (χ4n) is 2.27. The summed E-state index contributed by atoms with van der Waals surface area (Å²) in [6.45, 7) is 0. The number of benzene rings is 2. The first-order valence-corrected chi connectivity index (χ1v) is 7.53. The van der Waals surface area contributed by atoms with Gasteiger partial charge in [0.15, 0.2) is 11.4 Å². The molecule has 0 aliphatic carbocycles. The van der Waals surface area contributed by atoms with Crippen LogP contribution in [0.25, 0.3) is 0 Å². The van der Waals surface area contributed by atoms with Gasteiger partial charge in [0.2, 0.25) is 0 Å². The summed E-state index contributed by atoms with van der Waals surface area (Å²) in [6.07, 6.45) is -10.3. The Labute approximate surface area is 166 Å². The second-order valence-electron chi connectivity index (χ2n) is 5.74. The van der Waals surface area contributed by atoms with E-state index in [2.05, 4.69) is 5.11 Å². The average Bonchev–Trinajstić information content (AvgIpc) is 2.60. The zero-order valence-electron chi connectivity index (χ0n) is 14.6. The van der Waals surface area contributed by atoms with Crippen molar-refractivity contribution in [3.63, 3.8) is 0 Å². The summed E-state index contributed by atoms with van der Waals surface area (Å²) in [7, 11) is 0. The summed E-state index contributed by atoms with van der Waals surface area (Å²) in [4.78, 5) is 18.5. The Bertz CT molecular complexity index is 1110. The molecule has 0 bridgehead atoms. The normalized spacial score (nSPS) is 12.6. The number of nitrogen functional groups attached to an aromatic ring is 2. The van der Waals surface area contributed by atoms with Crippen molar-refractivity contribution >= 4 is 34.1 Å². The Balaban J connectivity index is 2.80. The van der Waals surface area contributed by atoms with Gasteiger partial charge in [0, 0.05) is 23.3 Å². The van der Waals surface area contributed by atoms with Crippen LogP contribution in [-0.2, 0) is 12.4 Å². The van der Waals surface area contributed by atoms with Crippen LogP contribution in [0, 0.1) is 25.4 Å². The predicted molar refractivity (Wildman–Crippen MR) is 90.4 cm³/mol. The van der Waals surface area contributed by atoms with Gasteiger partial charge in [-0.25, -0.2) is 0 Å². The van der Waals surface area contributed by atoms with Crippen LogP contribution in [0.3, 0.4) is 0 Å². The number of alkyl halides is 6. The van der Waals surface area contributed by atoms with E-state index < -0.39 is 72.3 Å². The van der Waals surface area contributed by atoms with Crippen molar-refractivity contribution in [2.24, 2.45) is 5.11 Å². The lowest BCUT2D eigenvalue weighted by Gasteiger charge is -2.11.